The fourth-order valence-corrected chi connectivity index (χ4v) is 3.06. The van der Waals surface area contributed by atoms with Crippen molar-refractivity contribution in [3.05, 3.63) is 34.7 Å². The van der Waals surface area contributed by atoms with Gasteiger partial charge in [0.25, 0.3) is 0 Å². The van der Waals surface area contributed by atoms with Crippen LogP contribution >= 0.6 is 11.6 Å². The summed E-state index contributed by atoms with van der Waals surface area (Å²) >= 11 is 6.13. The van der Waals surface area contributed by atoms with E-state index in [0.29, 0.717) is 37.3 Å². The van der Waals surface area contributed by atoms with Gasteiger partial charge in [-0.1, -0.05) is 11.6 Å². The van der Waals surface area contributed by atoms with Crippen molar-refractivity contribution >= 4 is 34.8 Å². The number of nitrogens with two attached hydrogens (primary N) is 3. The zero-order valence-corrected chi connectivity index (χ0v) is 14.9. The van der Waals surface area contributed by atoms with Gasteiger partial charge in [-0.3, -0.25) is 5.41 Å². The first-order valence-corrected chi connectivity index (χ1v) is 8.49. The van der Waals surface area contributed by atoms with Crippen molar-refractivity contribution < 1.29 is 5.11 Å². The van der Waals surface area contributed by atoms with Crippen molar-refractivity contribution in [1.29, 1.82) is 5.41 Å². The number of aliphatic hydroxyl groups is 1. The van der Waals surface area contributed by atoms with E-state index < -0.39 is 5.54 Å². The van der Waals surface area contributed by atoms with Gasteiger partial charge in [-0.2, -0.15) is 0 Å². The number of nitrogens with zero attached hydrogens (tertiary/aromatic N) is 4. The highest BCUT2D eigenvalue weighted by atomic mass is 35.5. The molecule has 138 valence electrons. The summed E-state index contributed by atoms with van der Waals surface area (Å²) < 4.78 is 0. The minimum absolute atomic E-state index is 0.0283. The predicted octanol–water partition coefficient (Wildman–Crippen LogP) is 0.396. The molecule has 2 aromatic rings. The largest absolute Gasteiger partial charge is 0.394 e. The van der Waals surface area contributed by atoms with Gasteiger partial charge >= 0.3 is 0 Å². The molecule has 0 bridgehead atoms. The van der Waals surface area contributed by atoms with Crippen LogP contribution in [0.4, 0.5) is 17.5 Å². The lowest BCUT2D eigenvalue weighted by molar-refractivity contribution is 0.170. The number of halogens is 1. The van der Waals surface area contributed by atoms with E-state index >= 15 is 0 Å². The highest BCUT2D eigenvalue weighted by molar-refractivity contribution is 6.37. The molecule has 0 saturated carbocycles. The van der Waals surface area contributed by atoms with Crippen LogP contribution in [0.3, 0.4) is 0 Å². The molecule has 10 heteroatoms. The summed E-state index contributed by atoms with van der Waals surface area (Å²) in [6, 6.07) is 1.58. The van der Waals surface area contributed by atoms with Crippen LogP contribution in [0.5, 0.6) is 0 Å². The van der Waals surface area contributed by atoms with Gasteiger partial charge in [0.05, 0.1) is 23.5 Å². The zero-order valence-electron chi connectivity index (χ0n) is 14.1. The van der Waals surface area contributed by atoms with E-state index in [1.165, 1.54) is 6.20 Å². The number of piperidine rings is 1. The number of pyridine rings is 1. The average Bonchev–Trinajstić information content (AvgIpc) is 2.64. The Labute approximate surface area is 155 Å². The topological polar surface area (TPSA) is 164 Å². The SMILES string of the molecule is N=C(c1ccnc(N)c1Cl)c1ncc(N2CCC(N)(CO)CC2)nc1N. The van der Waals surface area contributed by atoms with Crippen LogP contribution in [0.25, 0.3) is 0 Å². The number of rotatable bonds is 4. The molecule has 1 aliphatic heterocycles. The monoisotopic (exact) mass is 376 g/mol. The molecular weight excluding hydrogens is 356 g/mol. The Morgan fingerprint density at radius 2 is 1.96 bits per heavy atom. The second kappa shape index (κ2) is 7.02. The van der Waals surface area contributed by atoms with Crippen LogP contribution in [0.1, 0.15) is 24.1 Å². The number of aliphatic hydroxyl groups excluding tert-OH is 1. The lowest BCUT2D eigenvalue weighted by Crippen LogP contribution is -2.53. The van der Waals surface area contributed by atoms with Crippen LogP contribution in [-0.4, -0.2) is 51.0 Å². The molecule has 2 aromatic heterocycles. The second-order valence-electron chi connectivity index (χ2n) is 6.40. The summed E-state index contributed by atoms with van der Waals surface area (Å²) in [4.78, 5) is 14.6. The third kappa shape index (κ3) is 3.41. The first kappa shape index (κ1) is 18.3. The normalized spacial score (nSPS) is 16.5. The molecule has 3 rings (SSSR count). The van der Waals surface area contributed by atoms with Crippen LogP contribution < -0.4 is 22.1 Å². The summed E-state index contributed by atoms with van der Waals surface area (Å²) in [5.74, 6) is 0.879. The van der Waals surface area contributed by atoms with Crippen molar-refractivity contribution in [1.82, 2.24) is 15.0 Å². The maximum absolute atomic E-state index is 9.36. The first-order chi connectivity index (χ1) is 12.3. The third-order valence-corrected chi connectivity index (χ3v) is 5.00. The van der Waals surface area contributed by atoms with Crippen LogP contribution in [0.2, 0.25) is 5.02 Å². The Morgan fingerprint density at radius 3 is 2.58 bits per heavy atom. The van der Waals surface area contributed by atoms with Gasteiger partial charge in [0.2, 0.25) is 0 Å². The van der Waals surface area contributed by atoms with Crippen LogP contribution in [0.15, 0.2) is 18.5 Å². The number of nitrogen functional groups attached to an aromatic ring is 2. The van der Waals surface area contributed by atoms with Crippen molar-refractivity contribution in [2.24, 2.45) is 5.73 Å². The molecule has 0 aromatic carbocycles. The number of anilines is 3. The van der Waals surface area contributed by atoms with Crippen molar-refractivity contribution in [2.75, 3.05) is 36.1 Å². The number of nitrogens with one attached hydrogen (secondary N) is 1. The number of hydrogen-bond donors (Lipinski definition) is 5. The van der Waals surface area contributed by atoms with Crippen LogP contribution in [-0.2, 0) is 0 Å². The highest BCUT2D eigenvalue weighted by Gasteiger charge is 2.30. The van der Waals surface area contributed by atoms with Crippen LogP contribution in [0, 0.1) is 5.41 Å². The molecule has 8 N–H and O–H groups in total. The van der Waals surface area contributed by atoms with Gasteiger partial charge < -0.3 is 27.2 Å². The summed E-state index contributed by atoms with van der Waals surface area (Å²) in [5, 5.41) is 17.9. The summed E-state index contributed by atoms with van der Waals surface area (Å²) in [6.07, 6.45) is 4.33. The molecule has 0 aliphatic carbocycles. The smallest absolute Gasteiger partial charge is 0.154 e. The fourth-order valence-electron chi connectivity index (χ4n) is 2.86. The quantitative estimate of drug-likeness (QED) is 0.478. The minimum Gasteiger partial charge on any atom is -0.394 e. The maximum atomic E-state index is 9.36. The van der Waals surface area contributed by atoms with Crippen molar-refractivity contribution in [2.45, 2.75) is 18.4 Å². The molecule has 9 nitrogen and oxygen atoms in total. The molecule has 3 heterocycles. The van der Waals surface area contributed by atoms with Gasteiger partial charge in [0.15, 0.2) is 5.82 Å². The lowest BCUT2D eigenvalue weighted by atomic mass is 9.90. The molecule has 1 fully saturated rings. The van der Waals surface area contributed by atoms with E-state index in [9.17, 15) is 5.11 Å². The molecule has 0 atom stereocenters. The molecule has 0 spiro atoms. The Kier molecular flexibility index (Phi) is 4.94. The lowest BCUT2D eigenvalue weighted by Gasteiger charge is -2.38. The average molecular weight is 377 g/mol. The summed E-state index contributed by atoms with van der Waals surface area (Å²) in [5.41, 5.74) is 17.9. The molecular formula is C16H21ClN8O. The highest BCUT2D eigenvalue weighted by Crippen LogP contribution is 2.27. The van der Waals surface area contributed by atoms with E-state index in [1.54, 1.807) is 12.3 Å². The van der Waals surface area contributed by atoms with Crippen molar-refractivity contribution in [3.63, 3.8) is 0 Å². The summed E-state index contributed by atoms with van der Waals surface area (Å²) in [7, 11) is 0. The van der Waals surface area contributed by atoms with Gasteiger partial charge in [0.1, 0.15) is 17.3 Å². The molecule has 26 heavy (non-hydrogen) atoms. The predicted molar refractivity (Wildman–Crippen MR) is 101 cm³/mol. The van der Waals surface area contributed by atoms with Gasteiger partial charge in [-0.25, -0.2) is 15.0 Å². The molecule has 0 amide bonds. The molecule has 1 aliphatic rings. The van der Waals surface area contributed by atoms with E-state index in [0.717, 1.165) is 0 Å². The van der Waals surface area contributed by atoms with E-state index in [1.807, 2.05) is 4.90 Å². The van der Waals surface area contributed by atoms with Gasteiger partial charge in [-0.05, 0) is 18.9 Å². The van der Waals surface area contributed by atoms with Gasteiger partial charge in [-0.15, -0.1) is 0 Å². The third-order valence-electron chi connectivity index (χ3n) is 4.61. The zero-order chi connectivity index (χ0) is 18.9. The van der Waals surface area contributed by atoms with Gasteiger partial charge in [0, 0.05) is 30.4 Å². The summed E-state index contributed by atoms with van der Waals surface area (Å²) in [6.45, 7) is 1.25. The Morgan fingerprint density at radius 1 is 1.27 bits per heavy atom. The minimum atomic E-state index is -0.546. The first-order valence-electron chi connectivity index (χ1n) is 8.11. The molecule has 1 saturated heterocycles. The Bertz CT molecular complexity index is 835. The number of hydrogen-bond acceptors (Lipinski definition) is 9. The number of aromatic nitrogens is 3. The van der Waals surface area contributed by atoms with E-state index in [-0.39, 0.29) is 34.7 Å². The molecule has 0 radical (unpaired) electrons. The standard InChI is InChI=1S/C16H21ClN8O/c17-11-9(1-4-22-14(11)19)12(18)13-15(20)24-10(7-23-13)25-5-2-16(21,8-26)3-6-25/h1,4,7,18,26H,2-3,5-6,8,21H2,(H2,19,22)(H2,20,24). The van der Waals surface area contributed by atoms with Crippen molar-refractivity contribution in [3.8, 4) is 0 Å². The second-order valence-corrected chi connectivity index (χ2v) is 6.78. The Balaban J connectivity index is 1.82. The fraction of sp³-hybridized carbons (Fsp3) is 0.375. The van der Waals surface area contributed by atoms with E-state index in [4.69, 9.17) is 34.2 Å². The molecule has 0 unspecified atom stereocenters. The maximum Gasteiger partial charge on any atom is 0.154 e. The Hall–Kier alpha value is -2.49. The van der Waals surface area contributed by atoms with E-state index in [2.05, 4.69) is 15.0 Å².